The number of nitrogens with one attached hydrogen (secondary N) is 1. The molecule has 0 spiro atoms. The first-order valence-electron chi connectivity index (χ1n) is 6.52. The van der Waals surface area contributed by atoms with Gasteiger partial charge < -0.3 is 20.2 Å². The SMILES string of the molecule is CN(CC1(O)CCOCC1)C(=O)c1cc(NN)ccn1. The summed E-state index contributed by atoms with van der Waals surface area (Å²) in [7, 11) is 1.65. The average molecular weight is 280 g/mol. The number of ether oxygens (including phenoxy) is 1. The summed E-state index contributed by atoms with van der Waals surface area (Å²) in [5.41, 5.74) is 2.49. The Bertz CT molecular complexity index is 474. The molecule has 1 amide bonds. The Balaban J connectivity index is 2.04. The van der Waals surface area contributed by atoms with Crippen molar-refractivity contribution in [3.05, 3.63) is 24.0 Å². The number of carbonyl (C=O) groups excluding carboxylic acids is 1. The predicted octanol–water partition coefficient (Wildman–Crippen LogP) is -0.0193. The standard InChI is InChI=1S/C13H20N4O3/c1-17(9-13(19)3-6-20-7-4-13)12(18)11-8-10(16-14)2-5-15-11/h2,5,8,19H,3-4,6-7,9,14H2,1H3,(H,15,16). The van der Waals surface area contributed by atoms with Crippen LogP contribution in [0.4, 0.5) is 5.69 Å². The molecule has 0 radical (unpaired) electrons. The monoisotopic (exact) mass is 280 g/mol. The maximum atomic E-state index is 12.3. The van der Waals surface area contributed by atoms with Crippen molar-refractivity contribution in [3.63, 3.8) is 0 Å². The number of likely N-dealkylation sites (N-methyl/N-ethyl adjacent to an activating group) is 1. The molecule has 1 aromatic heterocycles. The predicted molar refractivity (Wildman–Crippen MR) is 74.0 cm³/mol. The highest BCUT2D eigenvalue weighted by atomic mass is 16.5. The summed E-state index contributed by atoms with van der Waals surface area (Å²) in [6, 6.07) is 3.25. The Labute approximate surface area is 117 Å². The van der Waals surface area contributed by atoms with Crippen LogP contribution in [-0.2, 0) is 4.74 Å². The van der Waals surface area contributed by atoms with Gasteiger partial charge in [-0.3, -0.25) is 15.6 Å². The van der Waals surface area contributed by atoms with Crippen LogP contribution in [0, 0.1) is 0 Å². The zero-order valence-electron chi connectivity index (χ0n) is 11.5. The highest BCUT2D eigenvalue weighted by molar-refractivity contribution is 5.93. The maximum absolute atomic E-state index is 12.3. The molecule has 2 heterocycles. The number of hydrogen-bond donors (Lipinski definition) is 3. The number of pyridine rings is 1. The van der Waals surface area contributed by atoms with Gasteiger partial charge >= 0.3 is 0 Å². The second kappa shape index (κ2) is 6.17. The maximum Gasteiger partial charge on any atom is 0.272 e. The largest absolute Gasteiger partial charge is 0.388 e. The summed E-state index contributed by atoms with van der Waals surface area (Å²) in [6.07, 6.45) is 2.57. The molecule has 7 heteroatoms. The van der Waals surface area contributed by atoms with E-state index in [1.165, 1.54) is 11.1 Å². The normalized spacial score (nSPS) is 17.6. The molecule has 1 aromatic rings. The molecule has 2 rings (SSSR count). The smallest absolute Gasteiger partial charge is 0.272 e. The lowest BCUT2D eigenvalue weighted by molar-refractivity contribution is -0.0734. The van der Waals surface area contributed by atoms with Crippen LogP contribution < -0.4 is 11.3 Å². The van der Waals surface area contributed by atoms with Crippen LogP contribution >= 0.6 is 0 Å². The minimum Gasteiger partial charge on any atom is -0.388 e. The van der Waals surface area contributed by atoms with Gasteiger partial charge in [-0.05, 0) is 12.1 Å². The summed E-state index contributed by atoms with van der Waals surface area (Å²) < 4.78 is 5.22. The first-order valence-corrected chi connectivity index (χ1v) is 6.52. The van der Waals surface area contributed by atoms with E-state index >= 15 is 0 Å². The molecule has 0 saturated carbocycles. The van der Waals surface area contributed by atoms with E-state index in [4.69, 9.17) is 10.6 Å². The highest BCUT2D eigenvalue weighted by Gasteiger charge is 2.32. The number of anilines is 1. The van der Waals surface area contributed by atoms with Gasteiger partial charge in [0.2, 0.25) is 0 Å². The van der Waals surface area contributed by atoms with Crippen molar-refractivity contribution in [2.75, 3.05) is 32.2 Å². The van der Waals surface area contributed by atoms with Crippen LogP contribution in [0.5, 0.6) is 0 Å². The van der Waals surface area contributed by atoms with E-state index in [2.05, 4.69) is 10.4 Å². The van der Waals surface area contributed by atoms with E-state index in [0.29, 0.717) is 37.4 Å². The Morgan fingerprint density at radius 2 is 2.30 bits per heavy atom. The minimum absolute atomic E-state index is 0.248. The first kappa shape index (κ1) is 14.7. The summed E-state index contributed by atoms with van der Waals surface area (Å²) in [5.74, 6) is 5.06. The third kappa shape index (κ3) is 3.44. The topological polar surface area (TPSA) is 101 Å². The summed E-state index contributed by atoms with van der Waals surface area (Å²) >= 11 is 0. The molecule has 0 bridgehead atoms. The van der Waals surface area contributed by atoms with Crippen LogP contribution in [0.15, 0.2) is 18.3 Å². The summed E-state index contributed by atoms with van der Waals surface area (Å²) in [6.45, 7) is 1.30. The van der Waals surface area contributed by atoms with Crippen molar-refractivity contribution in [2.24, 2.45) is 5.84 Å². The van der Waals surface area contributed by atoms with E-state index in [1.807, 2.05) is 0 Å². The van der Waals surface area contributed by atoms with E-state index in [-0.39, 0.29) is 12.5 Å². The lowest BCUT2D eigenvalue weighted by atomic mass is 9.94. The van der Waals surface area contributed by atoms with Crippen LogP contribution in [0.3, 0.4) is 0 Å². The first-order chi connectivity index (χ1) is 9.54. The van der Waals surface area contributed by atoms with Crippen molar-refractivity contribution in [1.82, 2.24) is 9.88 Å². The zero-order valence-corrected chi connectivity index (χ0v) is 11.5. The van der Waals surface area contributed by atoms with Crippen LogP contribution in [0.1, 0.15) is 23.3 Å². The number of nitrogen functional groups attached to an aromatic ring is 1. The Morgan fingerprint density at radius 3 is 2.95 bits per heavy atom. The average Bonchev–Trinajstić information content (AvgIpc) is 2.46. The second-order valence-corrected chi connectivity index (χ2v) is 5.07. The fourth-order valence-corrected chi connectivity index (χ4v) is 2.26. The number of amides is 1. The van der Waals surface area contributed by atoms with Gasteiger partial charge in [-0.2, -0.15) is 0 Å². The lowest BCUT2D eigenvalue weighted by Gasteiger charge is -2.35. The fraction of sp³-hybridized carbons (Fsp3) is 0.538. The van der Waals surface area contributed by atoms with Crippen molar-refractivity contribution in [2.45, 2.75) is 18.4 Å². The van der Waals surface area contributed by atoms with Crippen LogP contribution in [-0.4, -0.2) is 53.3 Å². The van der Waals surface area contributed by atoms with Crippen molar-refractivity contribution >= 4 is 11.6 Å². The second-order valence-electron chi connectivity index (χ2n) is 5.07. The molecule has 0 atom stereocenters. The minimum atomic E-state index is -0.883. The molecule has 0 aromatic carbocycles. The molecule has 0 unspecified atom stereocenters. The molecule has 1 fully saturated rings. The van der Waals surface area contributed by atoms with Crippen molar-refractivity contribution in [1.29, 1.82) is 0 Å². The van der Waals surface area contributed by atoms with Crippen molar-refractivity contribution in [3.8, 4) is 0 Å². The fourth-order valence-electron chi connectivity index (χ4n) is 2.26. The van der Waals surface area contributed by atoms with E-state index < -0.39 is 5.60 Å². The molecular formula is C13H20N4O3. The molecule has 1 aliphatic heterocycles. The molecule has 1 saturated heterocycles. The van der Waals surface area contributed by atoms with E-state index in [1.54, 1.807) is 19.2 Å². The molecule has 4 N–H and O–H groups in total. The Kier molecular flexibility index (Phi) is 4.53. The summed E-state index contributed by atoms with van der Waals surface area (Å²) in [4.78, 5) is 17.8. The highest BCUT2D eigenvalue weighted by Crippen LogP contribution is 2.22. The third-order valence-corrected chi connectivity index (χ3v) is 3.45. The number of carbonyl (C=O) groups is 1. The lowest BCUT2D eigenvalue weighted by Crippen LogP contribution is -2.47. The molecule has 110 valence electrons. The van der Waals surface area contributed by atoms with Gasteiger partial charge in [0.1, 0.15) is 5.69 Å². The number of aromatic nitrogens is 1. The van der Waals surface area contributed by atoms with Crippen LogP contribution in [0.2, 0.25) is 0 Å². The quantitative estimate of drug-likeness (QED) is 0.529. The van der Waals surface area contributed by atoms with E-state index in [0.717, 1.165) is 0 Å². The third-order valence-electron chi connectivity index (χ3n) is 3.45. The van der Waals surface area contributed by atoms with Gasteiger partial charge in [-0.15, -0.1) is 0 Å². The Morgan fingerprint density at radius 1 is 1.60 bits per heavy atom. The number of nitrogens with zero attached hydrogens (tertiary/aromatic N) is 2. The molecule has 20 heavy (non-hydrogen) atoms. The van der Waals surface area contributed by atoms with Gasteiger partial charge in [0.15, 0.2) is 0 Å². The van der Waals surface area contributed by atoms with Gasteiger partial charge in [-0.1, -0.05) is 0 Å². The Hall–Kier alpha value is -1.70. The van der Waals surface area contributed by atoms with E-state index in [9.17, 15) is 9.90 Å². The molecule has 1 aliphatic rings. The molecular weight excluding hydrogens is 260 g/mol. The van der Waals surface area contributed by atoms with Crippen LogP contribution in [0.25, 0.3) is 0 Å². The molecule has 0 aliphatic carbocycles. The zero-order chi connectivity index (χ0) is 14.6. The van der Waals surface area contributed by atoms with Gasteiger partial charge in [0, 0.05) is 45.8 Å². The summed E-state index contributed by atoms with van der Waals surface area (Å²) in [5, 5.41) is 10.4. The van der Waals surface area contributed by atoms with Gasteiger partial charge in [0.05, 0.1) is 11.3 Å². The van der Waals surface area contributed by atoms with Gasteiger partial charge in [0.25, 0.3) is 5.91 Å². The van der Waals surface area contributed by atoms with Gasteiger partial charge in [-0.25, -0.2) is 0 Å². The number of nitrogens with two attached hydrogens (primary N) is 1. The van der Waals surface area contributed by atoms with Crippen molar-refractivity contribution < 1.29 is 14.6 Å². The number of rotatable bonds is 4. The number of hydrazine groups is 1. The number of aliphatic hydroxyl groups is 1. The number of hydrogen-bond acceptors (Lipinski definition) is 6. The molecule has 7 nitrogen and oxygen atoms in total.